The molecule has 1 saturated heterocycles. The van der Waals surface area contributed by atoms with Gasteiger partial charge < -0.3 is 15.3 Å². The minimum atomic E-state index is -0.192. The Morgan fingerprint density at radius 2 is 1.95 bits per heavy atom. The number of piperidine rings is 1. The van der Waals surface area contributed by atoms with Gasteiger partial charge in [-0.3, -0.25) is 0 Å². The van der Waals surface area contributed by atoms with Crippen LogP contribution in [0.5, 0.6) is 0 Å². The molecule has 1 fully saturated rings. The minimum Gasteiger partial charge on any atom is -0.392 e. The van der Waals surface area contributed by atoms with Gasteiger partial charge in [0.15, 0.2) is 0 Å². The van der Waals surface area contributed by atoms with Crippen LogP contribution < -0.4 is 5.32 Å². The summed E-state index contributed by atoms with van der Waals surface area (Å²) in [6.45, 7) is 13.4. The molecule has 0 amide bonds. The van der Waals surface area contributed by atoms with Crippen LogP contribution in [0, 0.1) is 11.8 Å². The number of nitrogens with one attached hydrogen (secondary N) is 1. The van der Waals surface area contributed by atoms with Gasteiger partial charge in [0, 0.05) is 19.1 Å². The molecule has 120 valence electrons. The average Bonchev–Trinajstić information content (AvgIpc) is 2.46. The molecule has 3 atom stereocenters. The fraction of sp³-hybridized carbons (Fsp3) is 1.00. The van der Waals surface area contributed by atoms with Gasteiger partial charge in [0.1, 0.15) is 0 Å². The van der Waals surface area contributed by atoms with Crippen LogP contribution in [0.25, 0.3) is 0 Å². The zero-order chi connectivity index (χ0) is 15.0. The van der Waals surface area contributed by atoms with Crippen LogP contribution in [0.4, 0.5) is 0 Å². The van der Waals surface area contributed by atoms with Gasteiger partial charge in [-0.05, 0) is 51.1 Å². The zero-order valence-electron chi connectivity index (χ0n) is 14.1. The van der Waals surface area contributed by atoms with E-state index in [0.717, 1.165) is 25.3 Å². The van der Waals surface area contributed by atoms with Crippen molar-refractivity contribution in [1.29, 1.82) is 0 Å². The summed E-state index contributed by atoms with van der Waals surface area (Å²) in [5, 5.41) is 13.8. The van der Waals surface area contributed by atoms with E-state index in [1.54, 1.807) is 0 Å². The Bertz CT molecular complexity index is 241. The van der Waals surface area contributed by atoms with Crippen LogP contribution in [0.3, 0.4) is 0 Å². The van der Waals surface area contributed by atoms with Gasteiger partial charge in [-0.1, -0.05) is 33.6 Å². The van der Waals surface area contributed by atoms with Crippen LogP contribution >= 0.6 is 0 Å². The molecule has 0 aliphatic carbocycles. The second kappa shape index (κ2) is 9.75. The Balaban J connectivity index is 2.32. The van der Waals surface area contributed by atoms with Crippen molar-refractivity contribution in [3.63, 3.8) is 0 Å². The third kappa shape index (κ3) is 5.71. The highest BCUT2D eigenvalue weighted by Crippen LogP contribution is 2.20. The Kier molecular flexibility index (Phi) is 8.74. The quantitative estimate of drug-likeness (QED) is 0.683. The number of aliphatic hydroxyl groups excluding tert-OH is 1. The van der Waals surface area contributed by atoms with Crippen molar-refractivity contribution in [1.82, 2.24) is 10.2 Å². The maximum Gasteiger partial charge on any atom is 0.0692 e. The molecule has 0 aromatic heterocycles. The molecule has 1 rings (SSSR count). The Morgan fingerprint density at radius 1 is 1.25 bits per heavy atom. The number of aliphatic hydroxyl groups is 1. The molecule has 0 aromatic carbocycles. The Labute approximate surface area is 126 Å². The summed E-state index contributed by atoms with van der Waals surface area (Å²) in [7, 11) is 0. The first-order valence-electron chi connectivity index (χ1n) is 8.76. The predicted octanol–water partition coefficient (Wildman–Crippen LogP) is 2.88. The molecular formula is C17H36N2O. The van der Waals surface area contributed by atoms with E-state index in [4.69, 9.17) is 0 Å². The third-order valence-electron chi connectivity index (χ3n) is 5.03. The largest absolute Gasteiger partial charge is 0.392 e. The maximum atomic E-state index is 10.2. The second-order valence-electron chi connectivity index (χ2n) is 6.54. The molecular weight excluding hydrogens is 248 g/mol. The first-order chi connectivity index (χ1) is 9.62. The van der Waals surface area contributed by atoms with E-state index in [0.29, 0.717) is 12.0 Å². The van der Waals surface area contributed by atoms with Gasteiger partial charge >= 0.3 is 0 Å². The van der Waals surface area contributed by atoms with Gasteiger partial charge in [0.25, 0.3) is 0 Å². The van der Waals surface area contributed by atoms with Gasteiger partial charge in [0.2, 0.25) is 0 Å². The fourth-order valence-corrected chi connectivity index (χ4v) is 3.49. The standard InChI is InChI=1S/C17H36N2O/c1-5-10-19-11-8-9-16(13-19)14(4)18-12-17(20)15(6-2)7-3/h14-18,20H,5-13H2,1-4H3. The molecule has 1 aliphatic rings. The topological polar surface area (TPSA) is 35.5 Å². The number of likely N-dealkylation sites (tertiary alicyclic amines) is 1. The maximum absolute atomic E-state index is 10.2. The van der Waals surface area contributed by atoms with Gasteiger partial charge in [-0.2, -0.15) is 0 Å². The van der Waals surface area contributed by atoms with Crippen LogP contribution in [-0.4, -0.2) is 48.3 Å². The van der Waals surface area contributed by atoms with E-state index in [2.05, 4.69) is 37.9 Å². The lowest BCUT2D eigenvalue weighted by molar-refractivity contribution is 0.0896. The van der Waals surface area contributed by atoms with Crippen molar-refractivity contribution in [2.75, 3.05) is 26.2 Å². The Morgan fingerprint density at radius 3 is 2.55 bits per heavy atom. The van der Waals surface area contributed by atoms with Crippen LogP contribution in [0.2, 0.25) is 0 Å². The average molecular weight is 284 g/mol. The minimum absolute atomic E-state index is 0.192. The van der Waals surface area contributed by atoms with Crippen LogP contribution in [-0.2, 0) is 0 Å². The SMILES string of the molecule is CCCN1CCCC(C(C)NCC(O)C(CC)CC)C1. The molecule has 3 heteroatoms. The zero-order valence-corrected chi connectivity index (χ0v) is 14.1. The molecule has 1 heterocycles. The van der Waals surface area contributed by atoms with Gasteiger partial charge in [0.05, 0.1) is 6.10 Å². The number of hydrogen-bond donors (Lipinski definition) is 2. The van der Waals surface area contributed by atoms with E-state index in [1.165, 1.54) is 38.9 Å². The number of rotatable bonds is 9. The molecule has 3 unspecified atom stereocenters. The summed E-state index contributed by atoms with van der Waals surface area (Å²) in [5.74, 6) is 1.18. The van der Waals surface area contributed by atoms with E-state index < -0.39 is 0 Å². The monoisotopic (exact) mass is 284 g/mol. The van der Waals surface area contributed by atoms with E-state index in [-0.39, 0.29) is 6.10 Å². The molecule has 0 spiro atoms. The number of hydrogen-bond acceptors (Lipinski definition) is 3. The number of nitrogens with zero attached hydrogens (tertiary/aromatic N) is 1. The normalized spacial score (nSPS) is 24.0. The summed E-state index contributed by atoms with van der Waals surface area (Å²) in [6, 6.07) is 0.513. The summed E-state index contributed by atoms with van der Waals surface area (Å²) in [6.07, 6.45) is 5.86. The molecule has 0 saturated carbocycles. The first kappa shape index (κ1) is 17.9. The highest BCUT2D eigenvalue weighted by molar-refractivity contribution is 4.81. The summed E-state index contributed by atoms with van der Waals surface area (Å²) >= 11 is 0. The highest BCUT2D eigenvalue weighted by atomic mass is 16.3. The van der Waals surface area contributed by atoms with Crippen LogP contribution in [0.1, 0.15) is 59.8 Å². The lowest BCUT2D eigenvalue weighted by atomic mass is 9.90. The third-order valence-corrected chi connectivity index (χ3v) is 5.03. The van der Waals surface area contributed by atoms with Crippen molar-refractivity contribution in [2.24, 2.45) is 11.8 Å². The molecule has 0 bridgehead atoms. The van der Waals surface area contributed by atoms with Crippen molar-refractivity contribution in [3.8, 4) is 0 Å². The lowest BCUT2D eigenvalue weighted by Crippen LogP contribution is -2.47. The molecule has 0 radical (unpaired) electrons. The van der Waals surface area contributed by atoms with Crippen molar-refractivity contribution < 1.29 is 5.11 Å². The van der Waals surface area contributed by atoms with Gasteiger partial charge in [-0.25, -0.2) is 0 Å². The molecule has 0 aromatic rings. The van der Waals surface area contributed by atoms with E-state index in [9.17, 15) is 5.11 Å². The van der Waals surface area contributed by atoms with Gasteiger partial charge in [-0.15, -0.1) is 0 Å². The highest BCUT2D eigenvalue weighted by Gasteiger charge is 2.25. The van der Waals surface area contributed by atoms with E-state index >= 15 is 0 Å². The predicted molar refractivity (Wildman–Crippen MR) is 87.0 cm³/mol. The summed E-state index contributed by atoms with van der Waals surface area (Å²) in [5.41, 5.74) is 0. The molecule has 1 aliphatic heterocycles. The Hall–Kier alpha value is -0.120. The lowest BCUT2D eigenvalue weighted by Gasteiger charge is -2.36. The summed E-state index contributed by atoms with van der Waals surface area (Å²) < 4.78 is 0. The fourth-order valence-electron chi connectivity index (χ4n) is 3.49. The van der Waals surface area contributed by atoms with Crippen molar-refractivity contribution in [3.05, 3.63) is 0 Å². The smallest absolute Gasteiger partial charge is 0.0692 e. The molecule has 20 heavy (non-hydrogen) atoms. The summed E-state index contributed by atoms with van der Waals surface area (Å²) in [4.78, 5) is 2.60. The molecule has 2 N–H and O–H groups in total. The van der Waals surface area contributed by atoms with E-state index in [1.807, 2.05) is 0 Å². The second-order valence-corrected chi connectivity index (χ2v) is 6.54. The van der Waals surface area contributed by atoms with Crippen molar-refractivity contribution >= 4 is 0 Å². The van der Waals surface area contributed by atoms with Crippen LogP contribution in [0.15, 0.2) is 0 Å². The molecule has 3 nitrogen and oxygen atoms in total. The van der Waals surface area contributed by atoms with Crippen molar-refractivity contribution in [2.45, 2.75) is 71.9 Å². The first-order valence-corrected chi connectivity index (χ1v) is 8.76.